The topological polar surface area (TPSA) is 53.1 Å². The molecular formula is C15H18ClN3O. The van der Waals surface area contributed by atoms with Crippen LogP contribution in [-0.4, -0.2) is 22.2 Å². The summed E-state index contributed by atoms with van der Waals surface area (Å²) in [7, 11) is 0. The molecule has 2 N–H and O–H groups in total. The van der Waals surface area contributed by atoms with Gasteiger partial charge in [-0.15, -0.1) is 0 Å². The molecule has 5 heteroatoms. The summed E-state index contributed by atoms with van der Waals surface area (Å²) >= 11 is 6.19. The fraction of sp³-hybridized carbons (Fsp3) is 0.400. The highest BCUT2D eigenvalue weighted by molar-refractivity contribution is 6.30. The number of aromatic nitrogens is 2. The van der Waals surface area contributed by atoms with Gasteiger partial charge in [0.15, 0.2) is 0 Å². The first-order chi connectivity index (χ1) is 9.63. The summed E-state index contributed by atoms with van der Waals surface area (Å²) in [6.07, 6.45) is 5.47. The molecule has 0 saturated heterocycles. The molecule has 0 radical (unpaired) electrons. The van der Waals surface area contributed by atoms with Gasteiger partial charge in [-0.05, 0) is 24.6 Å². The number of imidazole rings is 1. The van der Waals surface area contributed by atoms with Gasteiger partial charge in [0.25, 0.3) is 0 Å². The Balaban J connectivity index is 1.90. The van der Waals surface area contributed by atoms with Crippen molar-refractivity contribution in [2.45, 2.75) is 32.4 Å². The Hall–Kier alpha value is -1.52. The van der Waals surface area contributed by atoms with Crippen molar-refractivity contribution >= 4 is 11.6 Å². The lowest BCUT2D eigenvalue weighted by atomic mass is 10.1. The molecule has 1 aromatic carbocycles. The number of ether oxygens (including phenoxy) is 1. The van der Waals surface area contributed by atoms with Crippen molar-refractivity contribution in [1.82, 2.24) is 9.55 Å². The standard InChI is InChI=1S/C15H18ClN3O/c1-10(17)6-14-18-3-4-19(14)9-12-8-13(16)7-11-2-5-20-15(11)12/h3-4,7-8,10H,2,5-6,9,17H2,1H3. The first-order valence-electron chi connectivity index (χ1n) is 6.83. The Bertz CT molecular complexity index is 622. The normalized spacial score (nSPS) is 14.9. The Labute approximate surface area is 123 Å². The third-order valence-electron chi connectivity index (χ3n) is 3.47. The van der Waals surface area contributed by atoms with Gasteiger partial charge in [0, 0.05) is 41.9 Å². The van der Waals surface area contributed by atoms with E-state index in [1.54, 1.807) is 0 Å². The average Bonchev–Trinajstić information content (AvgIpc) is 2.98. The number of halogens is 1. The molecule has 1 atom stereocenters. The smallest absolute Gasteiger partial charge is 0.127 e. The van der Waals surface area contributed by atoms with Gasteiger partial charge in [0.2, 0.25) is 0 Å². The molecule has 0 fully saturated rings. The zero-order chi connectivity index (χ0) is 14.1. The van der Waals surface area contributed by atoms with Crippen LogP contribution in [-0.2, 0) is 19.4 Å². The molecule has 20 heavy (non-hydrogen) atoms. The van der Waals surface area contributed by atoms with Crippen molar-refractivity contribution < 1.29 is 4.74 Å². The first-order valence-corrected chi connectivity index (χ1v) is 7.21. The van der Waals surface area contributed by atoms with Crippen LogP contribution in [0.5, 0.6) is 5.75 Å². The fourth-order valence-electron chi connectivity index (χ4n) is 2.61. The summed E-state index contributed by atoms with van der Waals surface area (Å²) in [5.74, 6) is 1.97. The Morgan fingerprint density at radius 3 is 3.15 bits per heavy atom. The largest absolute Gasteiger partial charge is 0.493 e. The molecule has 1 aliphatic rings. The van der Waals surface area contributed by atoms with E-state index in [9.17, 15) is 0 Å². The van der Waals surface area contributed by atoms with Crippen LogP contribution in [0.15, 0.2) is 24.5 Å². The summed E-state index contributed by atoms with van der Waals surface area (Å²) in [6.45, 7) is 3.43. The number of benzene rings is 1. The lowest BCUT2D eigenvalue weighted by Crippen LogP contribution is -2.20. The van der Waals surface area contributed by atoms with Crippen LogP contribution >= 0.6 is 11.6 Å². The van der Waals surface area contributed by atoms with E-state index in [0.29, 0.717) is 6.54 Å². The molecule has 2 heterocycles. The minimum atomic E-state index is 0.0949. The summed E-state index contributed by atoms with van der Waals surface area (Å²) in [5, 5.41) is 0.762. The van der Waals surface area contributed by atoms with Crippen molar-refractivity contribution in [3.05, 3.63) is 46.5 Å². The molecule has 0 amide bonds. The van der Waals surface area contributed by atoms with Crippen molar-refractivity contribution in [3.63, 3.8) is 0 Å². The van der Waals surface area contributed by atoms with Crippen LogP contribution in [0.25, 0.3) is 0 Å². The van der Waals surface area contributed by atoms with E-state index in [2.05, 4.69) is 9.55 Å². The Kier molecular flexibility index (Phi) is 3.68. The van der Waals surface area contributed by atoms with Gasteiger partial charge < -0.3 is 15.0 Å². The number of nitrogens with two attached hydrogens (primary N) is 1. The molecule has 1 aliphatic heterocycles. The van der Waals surface area contributed by atoms with E-state index >= 15 is 0 Å². The van der Waals surface area contributed by atoms with Gasteiger partial charge in [-0.2, -0.15) is 0 Å². The third-order valence-corrected chi connectivity index (χ3v) is 3.69. The second-order valence-corrected chi connectivity index (χ2v) is 5.74. The van der Waals surface area contributed by atoms with Crippen LogP contribution in [0.2, 0.25) is 5.02 Å². The molecule has 0 bridgehead atoms. The molecule has 1 aromatic heterocycles. The van der Waals surface area contributed by atoms with Crippen LogP contribution in [0.3, 0.4) is 0 Å². The number of fused-ring (bicyclic) bond motifs is 1. The fourth-order valence-corrected chi connectivity index (χ4v) is 2.87. The lowest BCUT2D eigenvalue weighted by Gasteiger charge is -2.13. The van der Waals surface area contributed by atoms with Crippen molar-refractivity contribution in [3.8, 4) is 5.75 Å². The molecule has 0 aliphatic carbocycles. The van der Waals surface area contributed by atoms with Gasteiger partial charge >= 0.3 is 0 Å². The van der Waals surface area contributed by atoms with Crippen LogP contribution < -0.4 is 10.5 Å². The highest BCUT2D eigenvalue weighted by atomic mass is 35.5. The minimum Gasteiger partial charge on any atom is -0.493 e. The molecule has 106 valence electrons. The van der Waals surface area contributed by atoms with Crippen molar-refractivity contribution in [2.24, 2.45) is 5.73 Å². The maximum Gasteiger partial charge on any atom is 0.127 e. The zero-order valence-corrected chi connectivity index (χ0v) is 12.2. The van der Waals surface area contributed by atoms with E-state index in [1.807, 2.05) is 31.5 Å². The molecular weight excluding hydrogens is 274 g/mol. The van der Waals surface area contributed by atoms with E-state index in [4.69, 9.17) is 22.1 Å². The predicted molar refractivity (Wildman–Crippen MR) is 79.3 cm³/mol. The van der Waals surface area contributed by atoms with Crippen molar-refractivity contribution in [1.29, 1.82) is 0 Å². The second kappa shape index (κ2) is 5.46. The average molecular weight is 292 g/mol. The minimum absolute atomic E-state index is 0.0949. The number of nitrogens with zero attached hydrogens (tertiary/aromatic N) is 2. The summed E-state index contributed by atoms with van der Waals surface area (Å²) in [4.78, 5) is 4.38. The highest BCUT2D eigenvalue weighted by Gasteiger charge is 2.18. The maximum absolute atomic E-state index is 6.19. The van der Waals surface area contributed by atoms with E-state index in [1.165, 1.54) is 5.56 Å². The van der Waals surface area contributed by atoms with Crippen LogP contribution in [0.1, 0.15) is 23.9 Å². The lowest BCUT2D eigenvalue weighted by molar-refractivity contribution is 0.352. The quantitative estimate of drug-likeness (QED) is 0.941. The van der Waals surface area contributed by atoms with E-state index in [0.717, 1.165) is 41.6 Å². The molecule has 0 saturated carbocycles. The summed E-state index contributed by atoms with van der Waals surface area (Å²) in [5.41, 5.74) is 8.16. The molecule has 0 spiro atoms. The van der Waals surface area contributed by atoms with E-state index in [-0.39, 0.29) is 6.04 Å². The van der Waals surface area contributed by atoms with Gasteiger partial charge in [0.1, 0.15) is 11.6 Å². The highest BCUT2D eigenvalue weighted by Crippen LogP contribution is 2.33. The third kappa shape index (κ3) is 2.67. The number of hydrogen-bond acceptors (Lipinski definition) is 3. The molecule has 2 aromatic rings. The molecule has 1 unspecified atom stereocenters. The molecule has 4 nitrogen and oxygen atoms in total. The van der Waals surface area contributed by atoms with Crippen LogP contribution in [0.4, 0.5) is 0 Å². The SMILES string of the molecule is CC(N)Cc1nccn1Cc1cc(Cl)cc2c1OCC2. The summed E-state index contributed by atoms with van der Waals surface area (Å²) < 4.78 is 7.85. The predicted octanol–water partition coefficient (Wildman–Crippen LogP) is 2.41. The van der Waals surface area contributed by atoms with E-state index < -0.39 is 0 Å². The monoisotopic (exact) mass is 291 g/mol. The van der Waals surface area contributed by atoms with Crippen molar-refractivity contribution in [2.75, 3.05) is 6.61 Å². The number of rotatable bonds is 4. The maximum atomic E-state index is 6.19. The van der Waals surface area contributed by atoms with Gasteiger partial charge in [0.05, 0.1) is 13.2 Å². The van der Waals surface area contributed by atoms with Crippen LogP contribution in [0, 0.1) is 0 Å². The second-order valence-electron chi connectivity index (χ2n) is 5.30. The Morgan fingerprint density at radius 2 is 2.35 bits per heavy atom. The van der Waals surface area contributed by atoms with Gasteiger partial charge in [-0.1, -0.05) is 11.6 Å². The summed E-state index contributed by atoms with van der Waals surface area (Å²) in [6, 6.07) is 4.06. The van der Waals surface area contributed by atoms with Gasteiger partial charge in [-0.25, -0.2) is 4.98 Å². The first kappa shape index (κ1) is 13.5. The zero-order valence-electron chi connectivity index (χ0n) is 11.5. The number of hydrogen-bond donors (Lipinski definition) is 1. The van der Waals surface area contributed by atoms with Gasteiger partial charge in [-0.3, -0.25) is 0 Å². The Morgan fingerprint density at radius 1 is 1.50 bits per heavy atom. The molecule has 3 rings (SSSR count).